The maximum atomic E-state index is 5.85. The molecular formula is C17H15ClN2O. The van der Waals surface area contributed by atoms with Gasteiger partial charge in [-0.25, -0.2) is 0 Å². The summed E-state index contributed by atoms with van der Waals surface area (Å²) in [6, 6.07) is 18.7. The second kappa shape index (κ2) is 5.62. The highest BCUT2D eigenvalue weighted by Gasteiger charge is 2.13. The molecule has 0 atom stereocenters. The zero-order valence-electron chi connectivity index (χ0n) is 11.4. The fraction of sp³-hybridized carbons (Fsp3) is 0.118. The lowest BCUT2D eigenvalue weighted by Crippen LogP contribution is -2.18. The molecule has 1 aliphatic heterocycles. The van der Waals surface area contributed by atoms with Gasteiger partial charge < -0.3 is 9.73 Å². The zero-order chi connectivity index (χ0) is 13.4. The Morgan fingerprint density at radius 2 is 1.81 bits per heavy atom. The number of furan rings is 1. The molecule has 0 aliphatic carbocycles. The van der Waals surface area contributed by atoms with Gasteiger partial charge in [-0.1, -0.05) is 36.4 Å². The van der Waals surface area contributed by atoms with Crippen molar-refractivity contribution in [3.63, 3.8) is 0 Å². The Kier molecular flexibility index (Phi) is 3.67. The molecule has 106 valence electrons. The summed E-state index contributed by atoms with van der Waals surface area (Å²) in [7, 11) is 0. The summed E-state index contributed by atoms with van der Waals surface area (Å²) < 4.78 is 5.85. The van der Waals surface area contributed by atoms with Gasteiger partial charge in [0.25, 0.3) is 0 Å². The first-order valence-electron chi connectivity index (χ1n) is 6.78. The van der Waals surface area contributed by atoms with E-state index in [2.05, 4.69) is 52.8 Å². The first-order valence-corrected chi connectivity index (χ1v) is 6.78. The van der Waals surface area contributed by atoms with E-state index in [9.17, 15) is 0 Å². The molecule has 3 nitrogen and oxygen atoms in total. The molecule has 3 aromatic rings. The Morgan fingerprint density at radius 3 is 2.57 bits per heavy atom. The van der Waals surface area contributed by atoms with Crippen LogP contribution >= 0.6 is 12.4 Å². The van der Waals surface area contributed by atoms with Gasteiger partial charge in [0.05, 0.1) is 6.54 Å². The predicted octanol–water partition coefficient (Wildman–Crippen LogP) is 3.87. The molecule has 0 saturated heterocycles. The SMILES string of the molecule is Cl.c1ccc(-c2ccc3oc(C4=NCCN4)cc3c2)cc1. The second-order valence-corrected chi connectivity index (χ2v) is 4.89. The minimum Gasteiger partial charge on any atom is -0.453 e. The van der Waals surface area contributed by atoms with Crippen molar-refractivity contribution in [3.05, 3.63) is 60.4 Å². The molecule has 2 aromatic carbocycles. The molecule has 0 unspecified atom stereocenters. The molecule has 4 heteroatoms. The number of hydrogen-bond donors (Lipinski definition) is 1. The van der Waals surface area contributed by atoms with Crippen molar-refractivity contribution in [2.75, 3.05) is 13.1 Å². The lowest BCUT2D eigenvalue weighted by Gasteiger charge is -2.00. The number of nitrogens with one attached hydrogen (secondary N) is 1. The van der Waals surface area contributed by atoms with Crippen molar-refractivity contribution in [3.8, 4) is 11.1 Å². The van der Waals surface area contributed by atoms with E-state index in [1.165, 1.54) is 11.1 Å². The minimum absolute atomic E-state index is 0. The van der Waals surface area contributed by atoms with E-state index in [0.717, 1.165) is 35.7 Å². The number of fused-ring (bicyclic) bond motifs is 1. The third-order valence-electron chi connectivity index (χ3n) is 3.53. The predicted molar refractivity (Wildman–Crippen MR) is 88.3 cm³/mol. The maximum Gasteiger partial charge on any atom is 0.170 e. The minimum atomic E-state index is 0. The van der Waals surface area contributed by atoms with Crippen LogP contribution in [0.3, 0.4) is 0 Å². The second-order valence-electron chi connectivity index (χ2n) is 4.89. The van der Waals surface area contributed by atoms with E-state index in [1.54, 1.807) is 0 Å². The maximum absolute atomic E-state index is 5.85. The van der Waals surface area contributed by atoms with Crippen LogP contribution in [0.1, 0.15) is 5.76 Å². The van der Waals surface area contributed by atoms with Crippen LogP contribution in [0.5, 0.6) is 0 Å². The molecule has 0 radical (unpaired) electrons. The fourth-order valence-electron chi connectivity index (χ4n) is 2.53. The van der Waals surface area contributed by atoms with Gasteiger partial charge in [0.2, 0.25) is 0 Å². The summed E-state index contributed by atoms with van der Waals surface area (Å²) in [6.45, 7) is 1.71. The number of amidine groups is 1. The Morgan fingerprint density at radius 1 is 0.952 bits per heavy atom. The summed E-state index contributed by atoms with van der Waals surface area (Å²) >= 11 is 0. The van der Waals surface area contributed by atoms with E-state index in [1.807, 2.05) is 12.1 Å². The van der Waals surface area contributed by atoms with E-state index < -0.39 is 0 Å². The molecule has 0 spiro atoms. The van der Waals surface area contributed by atoms with E-state index in [4.69, 9.17) is 4.42 Å². The van der Waals surface area contributed by atoms with Crippen molar-refractivity contribution in [2.45, 2.75) is 0 Å². The van der Waals surface area contributed by atoms with E-state index in [-0.39, 0.29) is 12.4 Å². The molecule has 0 saturated carbocycles. The van der Waals surface area contributed by atoms with Gasteiger partial charge in [0, 0.05) is 11.9 Å². The number of rotatable bonds is 2. The van der Waals surface area contributed by atoms with Crippen LogP contribution in [0.25, 0.3) is 22.1 Å². The molecule has 0 bridgehead atoms. The number of hydrogen-bond acceptors (Lipinski definition) is 3. The highest BCUT2D eigenvalue weighted by atomic mass is 35.5. The Bertz CT molecular complexity index is 793. The number of benzene rings is 2. The van der Waals surface area contributed by atoms with Gasteiger partial charge in [-0.15, -0.1) is 12.4 Å². The van der Waals surface area contributed by atoms with Crippen LogP contribution in [-0.2, 0) is 0 Å². The summed E-state index contributed by atoms with van der Waals surface area (Å²) in [5.41, 5.74) is 3.32. The van der Waals surface area contributed by atoms with Gasteiger partial charge in [0.15, 0.2) is 11.6 Å². The zero-order valence-corrected chi connectivity index (χ0v) is 12.2. The third-order valence-corrected chi connectivity index (χ3v) is 3.53. The molecule has 0 amide bonds. The molecular weight excluding hydrogens is 284 g/mol. The van der Waals surface area contributed by atoms with Crippen LogP contribution in [0.2, 0.25) is 0 Å². The first kappa shape index (κ1) is 13.7. The van der Waals surface area contributed by atoms with Crippen LogP contribution < -0.4 is 5.32 Å². The third kappa shape index (κ3) is 2.52. The quantitative estimate of drug-likeness (QED) is 0.780. The van der Waals surface area contributed by atoms with Crippen LogP contribution in [0.4, 0.5) is 0 Å². The average molecular weight is 299 g/mol. The van der Waals surface area contributed by atoms with Crippen molar-refractivity contribution in [2.24, 2.45) is 4.99 Å². The highest BCUT2D eigenvalue weighted by Crippen LogP contribution is 2.26. The summed E-state index contributed by atoms with van der Waals surface area (Å²) in [5, 5.41) is 4.35. The Balaban J connectivity index is 0.00000132. The topological polar surface area (TPSA) is 37.5 Å². The molecule has 1 N–H and O–H groups in total. The van der Waals surface area contributed by atoms with E-state index in [0.29, 0.717) is 0 Å². The molecule has 2 heterocycles. The Hall–Kier alpha value is -2.26. The number of aliphatic imine (C=N–C) groups is 1. The van der Waals surface area contributed by atoms with Gasteiger partial charge in [-0.05, 0) is 29.3 Å². The van der Waals surface area contributed by atoms with Crippen molar-refractivity contribution in [1.82, 2.24) is 5.32 Å². The summed E-state index contributed by atoms with van der Waals surface area (Å²) in [6.07, 6.45) is 0. The molecule has 1 aliphatic rings. The van der Waals surface area contributed by atoms with Gasteiger partial charge >= 0.3 is 0 Å². The molecule has 21 heavy (non-hydrogen) atoms. The monoisotopic (exact) mass is 298 g/mol. The van der Waals surface area contributed by atoms with Crippen molar-refractivity contribution in [1.29, 1.82) is 0 Å². The summed E-state index contributed by atoms with van der Waals surface area (Å²) in [4.78, 5) is 4.39. The van der Waals surface area contributed by atoms with Crippen molar-refractivity contribution < 1.29 is 4.42 Å². The normalized spacial score (nSPS) is 13.6. The molecule has 0 fully saturated rings. The highest BCUT2D eigenvalue weighted by molar-refractivity contribution is 6.01. The lowest BCUT2D eigenvalue weighted by atomic mass is 10.0. The average Bonchev–Trinajstić information content (AvgIpc) is 3.16. The molecule has 1 aromatic heterocycles. The van der Waals surface area contributed by atoms with Gasteiger partial charge in [-0.3, -0.25) is 4.99 Å². The Labute approximate surface area is 129 Å². The largest absolute Gasteiger partial charge is 0.453 e. The van der Waals surface area contributed by atoms with Gasteiger partial charge in [0.1, 0.15) is 5.58 Å². The van der Waals surface area contributed by atoms with Gasteiger partial charge in [-0.2, -0.15) is 0 Å². The fourth-order valence-corrected chi connectivity index (χ4v) is 2.53. The standard InChI is InChI=1S/C17H14N2O.ClH/c1-2-4-12(5-3-1)13-6-7-15-14(10-13)11-16(20-15)17-18-8-9-19-17;/h1-7,10-11H,8-9H2,(H,18,19);1H. The lowest BCUT2D eigenvalue weighted by molar-refractivity contribution is 0.602. The van der Waals surface area contributed by atoms with Crippen LogP contribution in [-0.4, -0.2) is 18.9 Å². The summed E-state index contributed by atoms with van der Waals surface area (Å²) in [5.74, 6) is 1.69. The number of nitrogens with zero attached hydrogens (tertiary/aromatic N) is 1. The first-order chi connectivity index (χ1) is 9.90. The number of halogens is 1. The van der Waals surface area contributed by atoms with Crippen LogP contribution in [0.15, 0.2) is 64.0 Å². The van der Waals surface area contributed by atoms with E-state index >= 15 is 0 Å². The smallest absolute Gasteiger partial charge is 0.170 e. The van der Waals surface area contributed by atoms with Crippen LogP contribution in [0, 0.1) is 0 Å². The van der Waals surface area contributed by atoms with Crippen molar-refractivity contribution >= 4 is 29.2 Å². The molecule has 4 rings (SSSR count).